The van der Waals surface area contributed by atoms with Crippen molar-refractivity contribution in [2.24, 2.45) is 10.7 Å². The lowest BCUT2D eigenvalue weighted by Crippen LogP contribution is -2.32. The molecule has 0 aromatic carbocycles. The summed E-state index contributed by atoms with van der Waals surface area (Å²) < 4.78 is 0. The summed E-state index contributed by atoms with van der Waals surface area (Å²) in [5.74, 6) is 0.555. The number of aryl methyl sites for hydroxylation is 1. The molecule has 1 heterocycles. The molecule has 16 heavy (non-hydrogen) atoms. The molecule has 3 N–H and O–H groups in total. The molecule has 0 saturated heterocycles. The SMILES string of the molecule is CCCCNC(N)=NCc1ccc(CC)s1. The van der Waals surface area contributed by atoms with Crippen LogP contribution < -0.4 is 11.1 Å². The molecule has 0 spiro atoms. The van der Waals surface area contributed by atoms with E-state index in [1.54, 1.807) is 0 Å². The first-order valence-corrected chi connectivity index (χ1v) is 6.69. The van der Waals surface area contributed by atoms with Gasteiger partial charge in [-0.05, 0) is 25.0 Å². The topological polar surface area (TPSA) is 50.4 Å². The summed E-state index contributed by atoms with van der Waals surface area (Å²) in [6.45, 7) is 5.93. The molecule has 0 radical (unpaired) electrons. The molecule has 0 aliphatic heterocycles. The van der Waals surface area contributed by atoms with Gasteiger partial charge in [-0.1, -0.05) is 20.3 Å². The minimum atomic E-state index is 0.555. The van der Waals surface area contributed by atoms with Crippen LogP contribution in [0.25, 0.3) is 0 Å². The van der Waals surface area contributed by atoms with Crippen LogP contribution >= 0.6 is 11.3 Å². The van der Waals surface area contributed by atoms with Gasteiger partial charge in [-0.3, -0.25) is 0 Å². The second-order valence-corrected chi connectivity index (χ2v) is 4.96. The van der Waals surface area contributed by atoms with E-state index in [9.17, 15) is 0 Å². The summed E-state index contributed by atoms with van der Waals surface area (Å²) in [4.78, 5) is 6.99. The third-order valence-corrected chi connectivity index (χ3v) is 3.52. The van der Waals surface area contributed by atoms with Gasteiger partial charge in [0.05, 0.1) is 6.54 Å². The molecule has 0 amide bonds. The van der Waals surface area contributed by atoms with Crippen LogP contribution in [0.4, 0.5) is 0 Å². The number of nitrogens with zero attached hydrogens (tertiary/aromatic N) is 1. The first-order chi connectivity index (χ1) is 7.76. The van der Waals surface area contributed by atoms with Crippen molar-refractivity contribution in [1.82, 2.24) is 5.32 Å². The summed E-state index contributed by atoms with van der Waals surface area (Å²) >= 11 is 1.81. The van der Waals surface area contributed by atoms with E-state index >= 15 is 0 Å². The van der Waals surface area contributed by atoms with E-state index in [1.807, 2.05) is 11.3 Å². The van der Waals surface area contributed by atoms with Crippen molar-refractivity contribution in [2.45, 2.75) is 39.7 Å². The number of unbranched alkanes of at least 4 members (excludes halogenated alkanes) is 1. The van der Waals surface area contributed by atoms with Crippen LogP contribution in [0.3, 0.4) is 0 Å². The lowest BCUT2D eigenvalue weighted by molar-refractivity contribution is 0.748. The van der Waals surface area contributed by atoms with Crippen LogP contribution in [0.2, 0.25) is 0 Å². The van der Waals surface area contributed by atoms with Crippen LogP contribution in [-0.2, 0) is 13.0 Å². The van der Waals surface area contributed by atoms with E-state index in [4.69, 9.17) is 5.73 Å². The molecule has 0 aliphatic rings. The Labute approximate surface area is 102 Å². The molecule has 1 rings (SSSR count). The average molecular weight is 239 g/mol. The van der Waals surface area contributed by atoms with E-state index in [0.717, 1.165) is 19.4 Å². The molecule has 4 heteroatoms. The van der Waals surface area contributed by atoms with Crippen LogP contribution in [-0.4, -0.2) is 12.5 Å². The Balaban J connectivity index is 2.33. The van der Waals surface area contributed by atoms with Crippen LogP contribution in [0.5, 0.6) is 0 Å². The third-order valence-electron chi connectivity index (χ3n) is 2.31. The predicted octanol–water partition coefficient (Wildman–Crippen LogP) is 2.51. The molecule has 0 unspecified atom stereocenters. The fraction of sp³-hybridized carbons (Fsp3) is 0.583. The van der Waals surface area contributed by atoms with Crippen molar-refractivity contribution in [3.63, 3.8) is 0 Å². The Morgan fingerprint density at radius 3 is 2.75 bits per heavy atom. The Hall–Kier alpha value is -1.03. The Morgan fingerprint density at radius 1 is 1.38 bits per heavy atom. The fourth-order valence-electron chi connectivity index (χ4n) is 1.31. The van der Waals surface area contributed by atoms with Gasteiger partial charge in [0.2, 0.25) is 0 Å². The monoisotopic (exact) mass is 239 g/mol. The zero-order valence-corrected chi connectivity index (χ0v) is 10.9. The Bertz CT molecular complexity index is 331. The highest BCUT2D eigenvalue weighted by Crippen LogP contribution is 2.17. The molecule has 90 valence electrons. The molecule has 1 aromatic rings. The number of hydrogen-bond donors (Lipinski definition) is 2. The maximum Gasteiger partial charge on any atom is 0.188 e. The van der Waals surface area contributed by atoms with Gasteiger partial charge in [-0.25, -0.2) is 4.99 Å². The molecule has 0 atom stereocenters. The van der Waals surface area contributed by atoms with E-state index in [0.29, 0.717) is 12.5 Å². The van der Waals surface area contributed by atoms with Crippen molar-refractivity contribution in [3.05, 3.63) is 21.9 Å². The first kappa shape index (κ1) is 13.0. The molecule has 1 aromatic heterocycles. The molecule has 0 fully saturated rings. The number of nitrogens with one attached hydrogen (secondary N) is 1. The van der Waals surface area contributed by atoms with Crippen LogP contribution in [0.1, 0.15) is 36.4 Å². The van der Waals surface area contributed by atoms with Gasteiger partial charge in [0, 0.05) is 16.3 Å². The second kappa shape index (κ2) is 7.28. The maximum absolute atomic E-state index is 5.75. The summed E-state index contributed by atoms with van der Waals surface area (Å²) in [5.41, 5.74) is 5.75. The first-order valence-electron chi connectivity index (χ1n) is 5.87. The largest absolute Gasteiger partial charge is 0.370 e. The summed E-state index contributed by atoms with van der Waals surface area (Å²) in [6.07, 6.45) is 3.40. The van der Waals surface area contributed by atoms with Crippen molar-refractivity contribution in [2.75, 3.05) is 6.54 Å². The maximum atomic E-state index is 5.75. The van der Waals surface area contributed by atoms with Gasteiger partial charge in [0.15, 0.2) is 5.96 Å². The smallest absolute Gasteiger partial charge is 0.188 e. The Morgan fingerprint density at radius 2 is 2.12 bits per heavy atom. The van der Waals surface area contributed by atoms with Crippen molar-refractivity contribution in [1.29, 1.82) is 0 Å². The van der Waals surface area contributed by atoms with Crippen molar-refractivity contribution in [3.8, 4) is 0 Å². The average Bonchev–Trinajstić information content (AvgIpc) is 2.74. The third kappa shape index (κ3) is 4.66. The lowest BCUT2D eigenvalue weighted by Gasteiger charge is -2.03. The number of aliphatic imine (C=N–C) groups is 1. The van der Waals surface area contributed by atoms with E-state index < -0.39 is 0 Å². The molecule has 0 aliphatic carbocycles. The number of nitrogens with two attached hydrogens (primary N) is 1. The van der Waals surface area contributed by atoms with Gasteiger partial charge in [-0.15, -0.1) is 11.3 Å². The van der Waals surface area contributed by atoms with Gasteiger partial charge >= 0.3 is 0 Å². The van der Waals surface area contributed by atoms with Gasteiger partial charge in [0.1, 0.15) is 0 Å². The normalized spacial score (nSPS) is 11.8. The standard InChI is InChI=1S/C12H21N3S/c1-3-5-8-14-12(13)15-9-11-7-6-10(4-2)16-11/h6-7H,3-5,8-9H2,1-2H3,(H3,13,14,15). The molecule has 0 saturated carbocycles. The highest BCUT2D eigenvalue weighted by atomic mass is 32.1. The second-order valence-electron chi connectivity index (χ2n) is 3.70. The van der Waals surface area contributed by atoms with Gasteiger partial charge < -0.3 is 11.1 Å². The highest BCUT2D eigenvalue weighted by Gasteiger charge is 1.97. The van der Waals surface area contributed by atoms with E-state index in [1.165, 1.54) is 16.2 Å². The quantitative estimate of drug-likeness (QED) is 0.455. The molecular formula is C12H21N3S. The predicted molar refractivity (Wildman–Crippen MR) is 71.9 cm³/mol. The van der Waals surface area contributed by atoms with Gasteiger partial charge in [0.25, 0.3) is 0 Å². The number of thiophene rings is 1. The van der Waals surface area contributed by atoms with E-state index in [2.05, 4.69) is 36.3 Å². The van der Waals surface area contributed by atoms with E-state index in [-0.39, 0.29) is 0 Å². The lowest BCUT2D eigenvalue weighted by atomic mass is 10.3. The summed E-state index contributed by atoms with van der Waals surface area (Å²) in [5, 5.41) is 3.11. The van der Waals surface area contributed by atoms with Crippen molar-refractivity contribution >= 4 is 17.3 Å². The Kier molecular flexibility index (Phi) is 5.93. The summed E-state index contributed by atoms with van der Waals surface area (Å²) in [7, 11) is 0. The number of rotatable bonds is 6. The number of hydrogen-bond acceptors (Lipinski definition) is 2. The molecule has 0 bridgehead atoms. The minimum Gasteiger partial charge on any atom is -0.370 e. The molecular weight excluding hydrogens is 218 g/mol. The van der Waals surface area contributed by atoms with Crippen molar-refractivity contribution < 1.29 is 0 Å². The summed E-state index contributed by atoms with van der Waals surface area (Å²) in [6, 6.07) is 4.29. The zero-order chi connectivity index (χ0) is 11.8. The highest BCUT2D eigenvalue weighted by molar-refractivity contribution is 7.11. The minimum absolute atomic E-state index is 0.555. The number of guanidine groups is 1. The zero-order valence-electron chi connectivity index (χ0n) is 10.1. The van der Waals surface area contributed by atoms with Gasteiger partial charge in [-0.2, -0.15) is 0 Å². The van der Waals surface area contributed by atoms with Crippen LogP contribution in [0, 0.1) is 0 Å². The molecule has 3 nitrogen and oxygen atoms in total. The fourth-order valence-corrected chi connectivity index (χ4v) is 2.19. The van der Waals surface area contributed by atoms with Crippen LogP contribution in [0.15, 0.2) is 17.1 Å².